The summed E-state index contributed by atoms with van der Waals surface area (Å²) in [5.74, 6) is -1.12. The van der Waals surface area contributed by atoms with Crippen LogP contribution in [0.1, 0.15) is 6.92 Å². The number of aliphatic hydroxyl groups excluding tert-OH is 1. The molecule has 0 aliphatic heterocycles. The number of rotatable bonds is 3. The molecule has 1 unspecified atom stereocenters. The van der Waals surface area contributed by atoms with E-state index in [0.29, 0.717) is 5.57 Å². The lowest BCUT2D eigenvalue weighted by Gasteiger charge is -2.06. The van der Waals surface area contributed by atoms with Gasteiger partial charge in [-0.05, 0) is 12.5 Å². The third-order valence-electron chi connectivity index (χ3n) is 1.22. The minimum absolute atomic E-state index is 0.302. The van der Waals surface area contributed by atoms with E-state index < -0.39 is 12.0 Å². The molecule has 0 rings (SSSR count). The van der Waals surface area contributed by atoms with Crippen molar-refractivity contribution in [3.63, 3.8) is 0 Å². The number of nitrogens with two attached hydrogens (primary N) is 1. The van der Waals surface area contributed by atoms with E-state index in [2.05, 4.69) is 0 Å². The van der Waals surface area contributed by atoms with Crippen LogP contribution in [-0.4, -0.2) is 28.8 Å². The Kier molecular flexibility index (Phi) is 3.68. The summed E-state index contributed by atoms with van der Waals surface area (Å²) in [7, 11) is 0. The van der Waals surface area contributed by atoms with Crippen molar-refractivity contribution < 1.29 is 15.0 Å². The number of hydrogen-bond donors (Lipinski definition) is 3. The fraction of sp³-hybridized carbons (Fsp3) is 0.500. The van der Waals surface area contributed by atoms with Crippen molar-refractivity contribution in [1.82, 2.24) is 0 Å². The van der Waals surface area contributed by atoms with Crippen LogP contribution in [-0.2, 0) is 4.79 Å². The minimum atomic E-state index is -1.12. The van der Waals surface area contributed by atoms with Crippen molar-refractivity contribution >= 4 is 5.97 Å². The standard InChI is InChI=1S/C6H11NO3/c1-2-4(3-8)5(7)6(9)10/h2,5,8H,3,7H2,1H3,(H,9,10)/b4-2+. The quantitative estimate of drug-likeness (QED) is 0.460. The second-order valence-electron chi connectivity index (χ2n) is 1.84. The zero-order chi connectivity index (χ0) is 8.15. The number of carboxylic acid groups (broad SMARTS) is 1. The highest BCUT2D eigenvalue weighted by Crippen LogP contribution is 1.97. The summed E-state index contributed by atoms with van der Waals surface area (Å²) < 4.78 is 0. The molecule has 0 spiro atoms. The van der Waals surface area contributed by atoms with E-state index >= 15 is 0 Å². The van der Waals surface area contributed by atoms with Gasteiger partial charge in [-0.25, -0.2) is 0 Å². The first-order chi connectivity index (χ1) is 4.63. The highest BCUT2D eigenvalue weighted by molar-refractivity contribution is 5.77. The average Bonchev–Trinajstić information content (AvgIpc) is 1.90. The van der Waals surface area contributed by atoms with Gasteiger partial charge in [-0.2, -0.15) is 0 Å². The molecule has 0 radical (unpaired) electrons. The van der Waals surface area contributed by atoms with Crippen LogP contribution in [0, 0.1) is 0 Å². The second kappa shape index (κ2) is 4.03. The fourth-order valence-corrected chi connectivity index (χ4v) is 0.528. The molecule has 0 aromatic heterocycles. The van der Waals surface area contributed by atoms with Gasteiger partial charge in [0, 0.05) is 0 Å². The van der Waals surface area contributed by atoms with Gasteiger partial charge in [0.2, 0.25) is 0 Å². The first-order valence-corrected chi connectivity index (χ1v) is 2.87. The van der Waals surface area contributed by atoms with Gasteiger partial charge in [-0.15, -0.1) is 0 Å². The maximum atomic E-state index is 10.2. The van der Waals surface area contributed by atoms with Gasteiger partial charge >= 0.3 is 5.97 Å². The number of allylic oxidation sites excluding steroid dienone is 1. The van der Waals surface area contributed by atoms with Gasteiger partial charge in [-0.1, -0.05) is 6.08 Å². The topological polar surface area (TPSA) is 83.5 Å². The Morgan fingerprint density at radius 2 is 2.30 bits per heavy atom. The maximum Gasteiger partial charge on any atom is 0.324 e. The first kappa shape index (κ1) is 9.13. The molecule has 0 aromatic rings. The van der Waals surface area contributed by atoms with Crippen molar-refractivity contribution in [2.75, 3.05) is 6.61 Å². The number of aliphatic hydroxyl groups is 1. The Hall–Kier alpha value is -0.870. The van der Waals surface area contributed by atoms with Crippen LogP contribution in [0.25, 0.3) is 0 Å². The van der Waals surface area contributed by atoms with Gasteiger partial charge in [0.05, 0.1) is 6.61 Å². The largest absolute Gasteiger partial charge is 0.480 e. The number of hydrogen-bond acceptors (Lipinski definition) is 3. The van der Waals surface area contributed by atoms with Gasteiger partial charge in [0.25, 0.3) is 0 Å². The Labute approximate surface area is 59.0 Å². The lowest BCUT2D eigenvalue weighted by Crippen LogP contribution is -2.33. The summed E-state index contributed by atoms with van der Waals surface area (Å²) in [5.41, 5.74) is 5.48. The van der Waals surface area contributed by atoms with Crippen molar-refractivity contribution in [2.45, 2.75) is 13.0 Å². The molecule has 0 amide bonds. The Balaban J connectivity index is 4.17. The molecular weight excluding hydrogens is 134 g/mol. The van der Waals surface area contributed by atoms with Gasteiger partial charge in [0.15, 0.2) is 0 Å². The van der Waals surface area contributed by atoms with E-state index in [1.165, 1.54) is 6.08 Å². The maximum absolute atomic E-state index is 10.2. The van der Waals surface area contributed by atoms with E-state index in [1.54, 1.807) is 6.92 Å². The lowest BCUT2D eigenvalue weighted by atomic mass is 10.1. The van der Waals surface area contributed by atoms with Crippen LogP contribution < -0.4 is 5.73 Å². The Morgan fingerprint density at radius 3 is 2.40 bits per heavy atom. The lowest BCUT2D eigenvalue weighted by molar-refractivity contribution is -0.137. The van der Waals surface area contributed by atoms with Crippen molar-refractivity contribution in [1.29, 1.82) is 0 Å². The van der Waals surface area contributed by atoms with E-state index in [0.717, 1.165) is 0 Å². The molecule has 58 valence electrons. The molecule has 0 aliphatic rings. The molecule has 0 saturated carbocycles. The fourth-order valence-electron chi connectivity index (χ4n) is 0.528. The zero-order valence-electron chi connectivity index (χ0n) is 5.74. The zero-order valence-corrected chi connectivity index (χ0v) is 5.74. The molecule has 4 nitrogen and oxygen atoms in total. The summed E-state index contributed by atoms with van der Waals surface area (Å²) in [6, 6.07) is -1.07. The molecule has 1 atom stereocenters. The van der Waals surface area contributed by atoms with Crippen molar-refractivity contribution in [3.8, 4) is 0 Å². The number of carbonyl (C=O) groups is 1. The molecule has 0 heterocycles. The van der Waals surface area contributed by atoms with Crippen molar-refractivity contribution in [3.05, 3.63) is 11.6 Å². The molecule has 0 aliphatic carbocycles. The van der Waals surface area contributed by atoms with Gasteiger partial charge < -0.3 is 15.9 Å². The van der Waals surface area contributed by atoms with Crippen LogP contribution in [0.15, 0.2) is 11.6 Å². The summed E-state index contributed by atoms with van der Waals surface area (Å²) in [6.45, 7) is 1.33. The SMILES string of the molecule is C/C=C(\CO)C(N)C(=O)O. The number of carboxylic acids is 1. The van der Waals surface area contributed by atoms with Crippen LogP contribution in [0.3, 0.4) is 0 Å². The smallest absolute Gasteiger partial charge is 0.324 e. The highest BCUT2D eigenvalue weighted by Gasteiger charge is 2.14. The summed E-state index contributed by atoms with van der Waals surface area (Å²) in [4.78, 5) is 10.2. The average molecular weight is 145 g/mol. The highest BCUT2D eigenvalue weighted by atomic mass is 16.4. The normalized spacial score (nSPS) is 14.9. The van der Waals surface area contributed by atoms with Crippen LogP contribution in [0.5, 0.6) is 0 Å². The monoisotopic (exact) mass is 145 g/mol. The van der Waals surface area contributed by atoms with E-state index in [4.69, 9.17) is 15.9 Å². The van der Waals surface area contributed by atoms with E-state index in [-0.39, 0.29) is 6.61 Å². The van der Waals surface area contributed by atoms with E-state index in [9.17, 15) is 4.79 Å². The molecule has 0 fully saturated rings. The Bertz CT molecular complexity index is 153. The Morgan fingerprint density at radius 1 is 1.80 bits per heavy atom. The predicted octanol–water partition coefficient (Wildman–Crippen LogP) is -0.663. The minimum Gasteiger partial charge on any atom is -0.480 e. The molecule has 0 aromatic carbocycles. The summed E-state index contributed by atoms with van der Waals surface area (Å²) in [6.07, 6.45) is 1.50. The molecule has 4 heteroatoms. The van der Waals surface area contributed by atoms with Gasteiger partial charge in [0.1, 0.15) is 6.04 Å². The molecule has 10 heavy (non-hydrogen) atoms. The van der Waals surface area contributed by atoms with E-state index in [1.807, 2.05) is 0 Å². The van der Waals surface area contributed by atoms with Crippen molar-refractivity contribution in [2.24, 2.45) is 5.73 Å². The third kappa shape index (κ3) is 2.16. The first-order valence-electron chi connectivity index (χ1n) is 2.87. The van der Waals surface area contributed by atoms with Crippen LogP contribution in [0.2, 0.25) is 0 Å². The second-order valence-corrected chi connectivity index (χ2v) is 1.84. The molecular formula is C6H11NO3. The molecule has 4 N–H and O–H groups in total. The van der Waals surface area contributed by atoms with Crippen LogP contribution in [0.4, 0.5) is 0 Å². The van der Waals surface area contributed by atoms with Gasteiger partial charge in [-0.3, -0.25) is 4.79 Å². The third-order valence-corrected chi connectivity index (χ3v) is 1.22. The summed E-state index contributed by atoms with van der Waals surface area (Å²) >= 11 is 0. The molecule has 0 bridgehead atoms. The number of aliphatic carboxylic acids is 1. The molecule has 0 saturated heterocycles. The predicted molar refractivity (Wildman–Crippen MR) is 36.5 cm³/mol. The van der Waals surface area contributed by atoms with Crippen LogP contribution >= 0.6 is 0 Å². The summed E-state index contributed by atoms with van der Waals surface area (Å²) in [5, 5.41) is 16.9.